The predicted molar refractivity (Wildman–Crippen MR) is 179 cm³/mol. The number of aldehydes is 1. The van der Waals surface area contributed by atoms with E-state index in [4.69, 9.17) is 0 Å². The average molecular weight is 637 g/mol. The zero-order valence-corrected chi connectivity index (χ0v) is 29.0. The van der Waals surface area contributed by atoms with E-state index in [1.807, 2.05) is 17.0 Å². The number of hydrogen-bond donors (Lipinski definition) is 1. The maximum absolute atomic E-state index is 13.4. The highest BCUT2D eigenvalue weighted by molar-refractivity contribution is 7.91. The molecule has 1 heterocycles. The Hall–Kier alpha value is -1.73. The van der Waals surface area contributed by atoms with E-state index in [9.17, 15) is 18.0 Å². The summed E-state index contributed by atoms with van der Waals surface area (Å²) in [7, 11) is -2.94. The molecule has 0 bridgehead atoms. The van der Waals surface area contributed by atoms with E-state index in [1.54, 1.807) is 0 Å². The molecule has 0 aromatic heterocycles. The van der Waals surface area contributed by atoms with E-state index < -0.39 is 9.84 Å². The third-order valence-electron chi connectivity index (χ3n) is 15.2. The fourth-order valence-corrected chi connectivity index (χ4v) is 14.5. The van der Waals surface area contributed by atoms with E-state index in [-0.39, 0.29) is 28.4 Å². The predicted octanol–water partition coefficient (Wildman–Crippen LogP) is 6.65. The number of benzene rings is 1. The lowest BCUT2D eigenvalue weighted by Gasteiger charge is -2.69. The van der Waals surface area contributed by atoms with Gasteiger partial charge in [-0.25, -0.2) is 8.42 Å². The van der Waals surface area contributed by atoms with Gasteiger partial charge in [-0.2, -0.15) is 0 Å². The molecule has 1 aliphatic heterocycles. The lowest BCUT2D eigenvalue weighted by Crippen LogP contribution is -2.65. The van der Waals surface area contributed by atoms with E-state index in [0.717, 1.165) is 36.5 Å². The van der Waals surface area contributed by atoms with Crippen molar-refractivity contribution in [3.05, 3.63) is 35.4 Å². The largest absolute Gasteiger partial charge is 0.349 e. The molecule has 0 spiro atoms. The van der Waals surface area contributed by atoms with Crippen molar-refractivity contribution in [3.8, 4) is 0 Å². The molecule has 5 aliphatic carbocycles. The minimum atomic E-state index is -2.94. The van der Waals surface area contributed by atoms with Crippen LogP contribution in [-0.2, 0) is 14.6 Å². The molecule has 1 saturated heterocycles. The molecule has 1 aromatic carbocycles. The Labute approximate surface area is 271 Å². The number of fused-ring (bicyclic) bond motifs is 7. The summed E-state index contributed by atoms with van der Waals surface area (Å²) in [6, 6.07) is 8.42. The summed E-state index contributed by atoms with van der Waals surface area (Å²) in [6.45, 7) is 11.7. The average Bonchev–Trinajstić information content (AvgIpc) is 3.42. The molecule has 1 N–H and O–H groups in total. The van der Waals surface area contributed by atoms with Crippen molar-refractivity contribution in [2.75, 3.05) is 31.1 Å². The van der Waals surface area contributed by atoms with Crippen LogP contribution in [0.4, 0.5) is 0 Å². The maximum atomic E-state index is 13.4. The number of nitrogens with one attached hydrogen (secondary N) is 1. The standard InChI is InChI=1S/C38H56N2O4S/c1-35(2)29(27-9-7-26(25-41)8-10-27)13-17-37(4)32(35)15-18-36(3)30-14-19-38(16-5-6-31(38)28(30)11-12-33(36)37)39-34(42)24-40-20-22-45(43,44)23-21-40/h7-10,25,28-33H,5-6,11-24H2,1-4H3,(H,39,42). The Kier molecular flexibility index (Phi) is 7.91. The van der Waals surface area contributed by atoms with Crippen LogP contribution in [-0.4, -0.2) is 62.2 Å². The molecule has 5 saturated carbocycles. The Morgan fingerprint density at radius 3 is 2.27 bits per heavy atom. The van der Waals surface area contributed by atoms with Crippen LogP contribution in [0, 0.1) is 45.8 Å². The van der Waals surface area contributed by atoms with Crippen molar-refractivity contribution >= 4 is 22.0 Å². The van der Waals surface area contributed by atoms with Gasteiger partial charge in [-0.05, 0) is 122 Å². The van der Waals surface area contributed by atoms with Crippen LogP contribution in [0.25, 0.3) is 0 Å². The lowest BCUT2D eigenvalue weighted by molar-refractivity contribution is -0.195. The highest BCUT2D eigenvalue weighted by atomic mass is 32.2. The topological polar surface area (TPSA) is 83.6 Å². The van der Waals surface area contributed by atoms with Crippen molar-refractivity contribution in [2.45, 2.75) is 110 Å². The zero-order chi connectivity index (χ0) is 31.8. The van der Waals surface area contributed by atoms with Gasteiger partial charge in [-0.3, -0.25) is 14.5 Å². The molecule has 248 valence electrons. The first kappa shape index (κ1) is 31.8. The van der Waals surface area contributed by atoms with E-state index in [1.165, 1.54) is 63.4 Å². The minimum Gasteiger partial charge on any atom is -0.349 e. The fourth-order valence-electron chi connectivity index (χ4n) is 13.3. The second-order valence-electron chi connectivity index (χ2n) is 17.4. The number of amides is 1. The molecule has 1 amide bonds. The fraction of sp³-hybridized carbons (Fsp3) is 0.789. The van der Waals surface area contributed by atoms with Crippen LogP contribution in [0.3, 0.4) is 0 Å². The molecular weight excluding hydrogens is 580 g/mol. The molecule has 9 unspecified atom stereocenters. The number of carbonyl (C=O) groups is 2. The van der Waals surface area contributed by atoms with Gasteiger partial charge in [0.25, 0.3) is 0 Å². The van der Waals surface area contributed by atoms with Crippen LogP contribution >= 0.6 is 0 Å². The van der Waals surface area contributed by atoms with Gasteiger partial charge in [0.1, 0.15) is 6.29 Å². The van der Waals surface area contributed by atoms with Gasteiger partial charge in [0, 0.05) is 24.2 Å². The normalized spacial score (nSPS) is 43.6. The first-order valence-corrected chi connectivity index (χ1v) is 19.9. The highest BCUT2D eigenvalue weighted by Gasteiger charge is 2.66. The van der Waals surface area contributed by atoms with E-state index in [0.29, 0.717) is 54.1 Å². The molecule has 6 nitrogen and oxygen atoms in total. The number of carbonyl (C=O) groups excluding carboxylic acids is 2. The molecule has 45 heavy (non-hydrogen) atoms. The summed E-state index contributed by atoms with van der Waals surface area (Å²) in [6.07, 6.45) is 14.6. The Balaban J connectivity index is 1.07. The SMILES string of the molecule is CC1(C)C(c2ccc(C=O)cc2)CCC2(C)C1CCC1(C)C3CCC4(NC(=O)CN5CCS(=O)(=O)CC5)CCCC4C3CCC12. The minimum absolute atomic E-state index is 0.0656. The molecule has 6 aliphatic rings. The maximum Gasteiger partial charge on any atom is 0.234 e. The third-order valence-corrected chi connectivity index (χ3v) is 16.8. The number of nitrogens with zero attached hydrogens (tertiary/aromatic N) is 1. The first-order chi connectivity index (χ1) is 21.3. The van der Waals surface area contributed by atoms with Crippen molar-refractivity contribution in [2.24, 2.45) is 45.8 Å². The Morgan fingerprint density at radius 1 is 0.844 bits per heavy atom. The Bertz CT molecular complexity index is 1410. The second kappa shape index (κ2) is 11.2. The van der Waals surface area contributed by atoms with E-state index in [2.05, 4.69) is 45.1 Å². The number of rotatable bonds is 5. The molecule has 7 heteroatoms. The summed E-state index contributed by atoms with van der Waals surface area (Å²) in [4.78, 5) is 26.8. The van der Waals surface area contributed by atoms with Crippen LogP contribution in [0.1, 0.15) is 120 Å². The van der Waals surface area contributed by atoms with Crippen LogP contribution in [0.5, 0.6) is 0 Å². The number of sulfone groups is 1. The molecule has 1 aromatic rings. The van der Waals surface area contributed by atoms with Gasteiger partial charge in [0.2, 0.25) is 5.91 Å². The van der Waals surface area contributed by atoms with Gasteiger partial charge in [-0.15, -0.1) is 0 Å². The molecule has 9 atom stereocenters. The monoisotopic (exact) mass is 636 g/mol. The van der Waals surface area contributed by atoms with E-state index >= 15 is 0 Å². The Morgan fingerprint density at radius 2 is 1.56 bits per heavy atom. The van der Waals surface area contributed by atoms with Gasteiger partial charge >= 0.3 is 0 Å². The van der Waals surface area contributed by atoms with Crippen LogP contribution in [0.2, 0.25) is 0 Å². The first-order valence-electron chi connectivity index (χ1n) is 18.1. The molecule has 7 rings (SSSR count). The van der Waals surface area contributed by atoms with Gasteiger partial charge in [-0.1, -0.05) is 58.4 Å². The van der Waals surface area contributed by atoms with Gasteiger partial charge in [0.05, 0.1) is 18.1 Å². The smallest absolute Gasteiger partial charge is 0.234 e. The summed E-state index contributed by atoms with van der Waals surface area (Å²) in [5.74, 6) is 4.44. The summed E-state index contributed by atoms with van der Waals surface area (Å²) >= 11 is 0. The zero-order valence-electron chi connectivity index (χ0n) is 28.2. The third kappa shape index (κ3) is 5.16. The summed E-state index contributed by atoms with van der Waals surface area (Å²) < 4.78 is 23.8. The molecule has 6 fully saturated rings. The van der Waals surface area contributed by atoms with Crippen molar-refractivity contribution < 1.29 is 18.0 Å². The second-order valence-corrected chi connectivity index (χ2v) is 19.7. The number of hydrogen-bond acceptors (Lipinski definition) is 5. The van der Waals surface area contributed by atoms with Crippen molar-refractivity contribution in [1.29, 1.82) is 0 Å². The summed E-state index contributed by atoms with van der Waals surface area (Å²) in [5, 5.41) is 3.62. The van der Waals surface area contributed by atoms with Gasteiger partial charge < -0.3 is 5.32 Å². The molecule has 0 radical (unpaired) electrons. The highest BCUT2D eigenvalue weighted by Crippen LogP contribution is 2.73. The van der Waals surface area contributed by atoms with Crippen molar-refractivity contribution in [1.82, 2.24) is 10.2 Å². The van der Waals surface area contributed by atoms with Gasteiger partial charge in [0.15, 0.2) is 9.84 Å². The van der Waals surface area contributed by atoms with Crippen LogP contribution in [0.15, 0.2) is 24.3 Å². The quantitative estimate of drug-likeness (QED) is 0.366. The van der Waals surface area contributed by atoms with Crippen molar-refractivity contribution in [3.63, 3.8) is 0 Å². The van der Waals surface area contributed by atoms with Crippen LogP contribution < -0.4 is 5.32 Å². The summed E-state index contributed by atoms with van der Waals surface area (Å²) in [5.41, 5.74) is 3.03. The lowest BCUT2D eigenvalue weighted by atomic mass is 9.35. The molecular formula is C38H56N2O4S.